The average Bonchev–Trinajstić information content (AvgIpc) is 3.10. The molecule has 0 bridgehead atoms. The fourth-order valence-electron chi connectivity index (χ4n) is 5.28. The fraction of sp³-hybridized carbons (Fsp3) is 0.385. The molecular weight excluding hydrogens is 564 g/mol. The lowest BCUT2D eigenvalue weighted by atomic mass is 9.97. The number of hydrogen-bond donors (Lipinski definition) is 0. The van der Waals surface area contributed by atoms with E-state index < -0.39 is 30.7 Å². The van der Waals surface area contributed by atoms with Crippen LogP contribution in [0.5, 0.6) is 0 Å². The molecule has 1 aliphatic heterocycles. The predicted octanol–water partition coefficient (Wildman–Crippen LogP) is 7.89. The standard InChI is InChI=1S/C39H46O6/c1-2-3-16-25-41-39-38(44-29-34-23-14-7-15-24-34)37(43-28-33-21-12-6-13-22-33)36(42-27-32-19-10-5-11-20-32)35(45-39)30-40-26-31-17-8-4-9-18-31/h4-15,17-24,35-39H,2-3,16,25-30H2,1H3/t35-,36-,37+,38-,39-/m1/s1/i39D. The summed E-state index contributed by atoms with van der Waals surface area (Å²) in [6.07, 6.45) is -1.89. The Morgan fingerprint density at radius 3 is 1.47 bits per heavy atom. The van der Waals surface area contributed by atoms with Gasteiger partial charge in [0.25, 0.3) is 0 Å². The summed E-state index contributed by atoms with van der Waals surface area (Å²) in [6, 6.07) is 39.9. The van der Waals surface area contributed by atoms with E-state index in [0.717, 1.165) is 41.5 Å². The van der Waals surface area contributed by atoms with Gasteiger partial charge in [0.1, 0.15) is 24.4 Å². The van der Waals surface area contributed by atoms with Crippen LogP contribution in [0.3, 0.4) is 0 Å². The molecule has 0 spiro atoms. The Morgan fingerprint density at radius 2 is 0.978 bits per heavy atom. The zero-order valence-corrected chi connectivity index (χ0v) is 26.2. The summed E-state index contributed by atoms with van der Waals surface area (Å²) in [6.45, 7) is 4.00. The largest absolute Gasteiger partial charge is 0.374 e. The van der Waals surface area contributed by atoms with E-state index in [1.54, 1.807) is 0 Å². The van der Waals surface area contributed by atoms with E-state index in [0.29, 0.717) is 26.4 Å². The first-order chi connectivity index (χ1) is 22.6. The van der Waals surface area contributed by atoms with E-state index in [1.165, 1.54) is 0 Å². The van der Waals surface area contributed by atoms with Gasteiger partial charge in [-0.2, -0.15) is 0 Å². The molecular formula is C39H46O6. The third-order valence-corrected chi connectivity index (χ3v) is 7.72. The Morgan fingerprint density at radius 1 is 0.533 bits per heavy atom. The maximum absolute atomic E-state index is 9.65. The molecule has 0 radical (unpaired) electrons. The molecule has 0 unspecified atom stereocenters. The second kappa shape index (κ2) is 18.6. The lowest BCUT2D eigenvalue weighted by molar-refractivity contribution is -0.328. The van der Waals surface area contributed by atoms with Gasteiger partial charge in [-0.25, -0.2) is 0 Å². The van der Waals surface area contributed by atoms with Crippen molar-refractivity contribution in [1.82, 2.24) is 0 Å². The number of unbranched alkanes of at least 4 members (excludes halogenated alkanes) is 2. The second-order valence-corrected chi connectivity index (χ2v) is 11.3. The third-order valence-electron chi connectivity index (χ3n) is 7.72. The highest BCUT2D eigenvalue weighted by atomic mass is 16.7. The first-order valence-electron chi connectivity index (χ1n) is 16.5. The summed E-state index contributed by atoms with van der Waals surface area (Å²) >= 11 is 0. The number of hydrogen-bond acceptors (Lipinski definition) is 6. The number of ether oxygens (including phenoxy) is 6. The van der Waals surface area contributed by atoms with Crippen LogP contribution in [-0.4, -0.2) is 43.9 Å². The first kappa shape index (κ1) is 31.6. The Bertz CT molecular complexity index is 1380. The topological polar surface area (TPSA) is 55.4 Å². The smallest absolute Gasteiger partial charge is 0.186 e. The molecule has 238 valence electrons. The highest BCUT2D eigenvalue weighted by Gasteiger charge is 2.49. The number of rotatable bonds is 18. The van der Waals surface area contributed by atoms with Crippen molar-refractivity contribution in [3.8, 4) is 0 Å². The summed E-state index contributed by atoms with van der Waals surface area (Å²) in [7, 11) is 0. The van der Waals surface area contributed by atoms with Crippen LogP contribution in [-0.2, 0) is 54.8 Å². The molecule has 0 aromatic heterocycles. The Balaban J connectivity index is 1.45. The zero-order chi connectivity index (χ0) is 31.9. The van der Waals surface area contributed by atoms with E-state index in [4.69, 9.17) is 28.4 Å². The lowest BCUT2D eigenvalue weighted by Gasteiger charge is -2.46. The van der Waals surface area contributed by atoms with Crippen LogP contribution in [0.2, 0.25) is 0 Å². The van der Waals surface area contributed by atoms with Crippen molar-refractivity contribution in [2.24, 2.45) is 0 Å². The van der Waals surface area contributed by atoms with Crippen molar-refractivity contribution in [2.45, 2.75) is 83.3 Å². The quantitative estimate of drug-likeness (QED) is 0.107. The summed E-state index contributed by atoms with van der Waals surface area (Å²) in [4.78, 5) is 0. The normalized spacial score (nSPS) is 23.4. The van der Waals surface area contributed by atoms with Gasteiger partial charge in [0.05, 0.1) is 34.4 Å². The van der Waals surface area contributed by atoms with Crippen molar-refractivity contribution in [3.63, 3.8) is 0 Å². The Kier molecular flexibility index (Phi) is 13.0. The van der Waals surface area contributed by atoms with Crippen LogP contribution in [0.15, 0.2) is 121 Å². The van der Waals surface area contributed by atoms with Gasteiger partial charge < -0.3 is 28.4 Å². The van der Waals surface area contributed by atoms with Crippen LogP contribution in [0.25, 0.3) is 0 Å². The van der Waals surface area contributed by atoms with Gasteiger partial charge in [-0.15, -0.1) is 0 Å². The Labute approximate surface area is 269 Å². The average molecular weight is 612 g/mol. The van der Waals surface area contributed by atoms with Crippen LogP contribution < -0.4 is 0 Å². The van der Waals surface area contributed by atoms with Crippen molar-refractivity contribution in [3.05, 3.63) is 144 Å². The highest BCUT2D eigenvalue weighted by Crippen LogP contribution is 2.32. The maximum atomic E-state index is 9.65. The van der Waals surface area contributed by atoms with Crippen LogP contribution >= 0.6 is 0 Å². The summed E-state index contributed by atoms with van der Waals surface area (Å²) in [5, 5.41) is 0. The predicted molar refractivity (Wildman–Crippen MR) is 175 cm³/mol. The van der Waals surface area contributed by atoms with Gasteiger partial charge in [0.15, 0.2) is 6.27 Å². The zero-order valence-electron chi connectivity index (χ0n) is 27.2. The minimum atomic E-state index is -1.85. The number of benzene rings is 4. The van der Waals surface area contributed by atoms with Crippen molar-refractivity contribution in [1.29, 1.82) is 0 Å². The molecule has 0 saturated carbocycles. The SMILES string of the molecule is [2H][C@@]1(OCCCCC)O[C@H](COCc2ccccc2)[C@@H](OCc2ccccc2)[C@H](OCc2ccccc2)[C@H]1OCc1ccccc1. The van der Waals surface area contributed by atoms with Crippen molar-refractivity contribution >= 4 is 0 Å². The molecule has 4 aromatic carbocycles. The van der Waals surface area contributed by atoms with Crippen molar-refractivity contribution < 1.29 is 29.8 Å². The molecule has 0 aliphatic carbocycles. The lowest BCUT2D eigenvalue weighted by Crippen LogP contribution is -2.61. The van der Waals surface area contributed by atoms with E-state index in [-0.39, 0.29) is 13.2 Å². The van der Waals surface area contributed by atoms with Gasteiger partial charge >= 0.3 is 0 Å². The van der Waals surface area contributed by atoms with E-state index >= 15 is 0 Å². The first-order valence-corrected chi connectivity index (χ1v) is 16.0. The fourth-order valence-corrected chi connectivity index (χ4v) is 5.28. The molecule has 5 atom stereocenters. The summed E-state index contributed by atoms with van der Waals surface area (Å²) < 4.78 is 48.6. The molecule has 5 rings (SSSR count). The molecule has 0 amide bonds. The van der Waals surface area contributed by atoms with E-state index in [2.05, 4.69) is 6.92 Å². The molecule has 6 nitrogen and oxygen atoms in total. The van der Waals surface area contributed by atoms with Crippen molar-refractivity contribution in [2.75, 3.05) is 13.2 Å². The van der Waals surface area contributed by atoms with Crippen LogP contribution in [0, 0.1) is 0 Å². The maximum Gasteiger partial charge on any atom is 0.186 e. The molecule has 0 N–H and O–H groups in total. The molecule has 1 aliphatic rings. The molecule has 4 aromatic rings. The molecule has 1 fully saturated rings. The molecule has 1 heterocycles. The van der Waals surface area contributed by atoms with Crippen LogP contribution in [0.1, 0.15) is 49.8 Å². The van der Waals surface area contributed by atoms with E-state index in [9.17, 15) is 1.37 Å². The van der Waals surface area contributed by atoms with E-state index in [1.807, 2.05) is 121 Å². The van der Waals surface area contributed by atoms with Gasteiger partial charge in [-0.05, 0) is 28.7 Å². The Hall–Kier alpha value is -3.36. The van der Waals surface area contributed by atoms with Crippen LogP contribution in [0.4, 0.5) is 0 Å². The highest BCUT2D eigenvalue weighted by molar-refractivity contribution is 5.16. The molecule has 1 saturated heterocycles. The molecule has 6 heteroatoms. The summed E-state index contributed by atoms with van der Waals surface area (Å²) in [5.74, 6) is 0. The molecule has 45 heavy (non-hydrogen) atoms. The second-order valence-electron chi connectivity index (χ2n) is 11.3. The van der Waals surface area contributed by atoms with Gasteiger partial charge in [-0.1, -0.05) is 141 Å². The van der Waals surface area contributed by atoms with Gasteiger partial charge in [0.2, 0.25) is 0 Å². The minimum Gasteiger partial charge on any atom is -0.374 e. The minimum absolute atomic E-state index is 0.184. The van der Waals surface area contributed by atoms with Gasteiger partial charge in [-0.3, -0.25) is 0 Å². The van der Waals surface area contributed by atoms with Gasteiger partial charge in [0, 0.05) is 6.61 Å². The monoisotopic (exact) mass is 611 g/mol. The third kappa shape index (κ3) is 10.6. The summed E-state index contributed by atoms with van der Waals surface area (Å²) in [5.41, 5.74) is 4.06.